The van der Waals surface area contributed by atoms with Gasteiger partial charge in [0.15, 0.2) is 0 Å². The number of benzene rings is 4. The highest BCUT2D eigenvalue weighted by atomic mass is 16.6. The van der Waals surface area contributed by atoms with E-state index in [4.69, 9.17) is 18.9 Å². The normalized spacial score (nSPS) is 20.1. The van der Waals surface area contributed by atoms with E-state index in [9.17, 15) is 0 Å². The van der Waals surface area contributed by atoms with E-state index in [1.54, 1.807) is 6.20 Å². The van der Waals surface area contributed by atoms with E-state index in [1.807, 2.05) is 77.5 Å². The predicted molar refractivity (Wildman–Crippen MR) is 159 cm³/mol. The molecule has 0 spiro atoms. The van der Waals surface area contributed by atoms with E-state index in [-0.39, 0.29) is 12.2 Å². The smallest absolute Gasteiger partial charge is 0.130 e. The van der Waals surface area contributed by atoms with Gasteiger partial charge in [0.25, 0.3) is 0 Å². The SMILES string of the molecule is c1ccc(COC[C@H]2O[C@@H](c3cnnn3Cc3ccccc3)[C@H](OCc3ccccc3)[C@@H]2OCc2ccccc2)cc1. The van der Waals surface area contributed by atoms with Crippen LogP contribution in [0, 0.1) is 0 Å². The van der Waals surface area contributed by atoms with Gasteiger partial charge in [-0.1, -0.05) is 127 Å². The monoisotopic (exact) mass is 561 g/mol. The highest BCUT2D eigenvalue weighted by molar-refractivity contribution is 5.19. The van der Waals surface area contributed by atoms with Crippen molar-refractivity contribution in [2.45, 2.75) is 50.8 Å². The average Bonchev–Trinajstić information content (AvgIpc) is 3.64. The first-order valence-corrected chi connectivity index (χ1v) is 14.3. The van der Waals surface area contributed by atoms with Crippen LogP contribution in [0.25, 0.3) is 0 Å². The molecule has 2 heterocycles. The molecule has 1 aliphatic heterocycles. The molecule has 1 fully saturated rings. The second-order valence-electron chi connectivity index (χ2n) is 10.4. The standard InChI is InChI=1S/C35H35N3O4/c1-5-13-27(14-6-1)22-38-31(21-36-37-38)33-35(41-25-30-19-11-4-12-20-30)34(40-24-29-17-9-3-10-18-29)32(42-33)26-39-23-28-15-7-2-8-16-28/h1-21,32-35H,22-26H2/t32-,33+,34-,35+/m1/s1. The summed E-state index contributed by atoms with van der Waals surface area (Å²) in [5.41, 5.74) is 5.25. The molecule has 0 bridgehead atoms. The van der Waals surface area contributed by atoms with Gasteiger partial charge in [-0.25, -0.2) is 4.68 Å². The van der Waals surface area contributed by atoms with Gasteiger partial charge in [0.2, 0.25) is 0 Å². The van der Waals surface area contributed by atoms with Gasteiger partial charge in [-0.15, -0.1) is 5.10 Å². The van der Waals surface area contributed by atoms with E-state index in [2.05, 4.69) is 58.8 Å². The number of nitrogens with zero attached hydrogens (tertiary/aromatic N) is 3. The van der Waals surface area contributed by atoms with Gasteiger partial charge >= 0.3 is 0 Å². The third kappa shape index (κ3) is 7.19. The quantitative estimate of drug-likeness (QED) is 0.172. The second-order valence-corrected chi connectivity index (χ2v) is 10.4. The van der Waals surface area contributed by atoms with E-state index in [0.29, 0.717) is 33.0 Å². The summed E-state index contributed by atoms with van der Waals surface area (Å²) in [5.74, 6) is 0. The van der Waals surface area contributed by atoms with Crippen molar-refractivity contribution >= 4 is 0 Å². The Hall–Kier alpha value is -4.14. The molecule has 214 valence electrons. The van der Waals surface area contributed by atoms with Crippen LogP contribution in [0.15, 0.2) is 128 Å². The van der Waals surface area contributed by atoms with Crippen molar-refractivity contribution in [2.24, 2.45) is 0 Å². The summed E-state index contributed by atoms with van der Waals surface area (Å²) in [6, 6.07) is 40.7. The summed E-state index contributed by atoms with van der Waals surface area (Å²) >= 11 is 0. The van der Waals surface area contributed by atoms with E-state index >= 15 is 0 Å². The van der Waals surface area contributed by atoms with Crippen LogP contribution in [0.2, 0.25) is 0 Å². The summed E-state index contributed by atoms with van der Waals surface area (Å²) in [4.78, 5) is 0. The summed E-state index contributed by atoms with van der Waals surface area (Å²) in [5, 5.41) is 8.68. The van der Waals surface area contributed by atoms with E-state index in [1.165, 1.54) is 0 Å². The molecular weight excluding hydrogens is 526 g/mol. The van der Waals surface area contributed by atoms with Crippen molar-refractivity contribution < 1.29 is 18.9 Å². The fraction of sp³-hybridized carbons (Fsp3) is 0.257. The Morgan fingerprint density at radius 2 is 1.10 bits per heavy atom. The largest absolute Gasteiger partial charge is 0.374 e. The molecule has 42 heavy (non-hydrogen) atoms. The molecule has 7 heteroatoms. The number of aromatic nitrogens is 3. The molecule has 1 aromatic heterocycles. The van der Waals surface area contributed by atoms with Gasteiger partial charge in [0.05, 0.1) is 44.9 Å². The zero-order valence-corrected chi connectivity index (χ0v) is 23.4. The average molecular weight is 562 g/mol. The minimum atomic E-state index is -0.446. The lowest BCUT2D eigenvalue weighted by atomic mass is 10.0. The molecule has 7 nitrogen and oxygen atoms in total. The Morgan fingerprint density at radius 3 is 1.67 bits per heavy atom. The molecule has 0 amide bonds. The molecule has 5 aromatic rings. The topological polar surface area (TPSA) is 67.6 Å². The van der Waals surface area contributed by atoms with Crippen molar-refractivity contribution in [2.75, 3.05) is 6.61 Å². The number of hydrogen-bond donors (Lipinski definition) is 0. The maximum Gasteiger partial charge on any atom is 0.130 e. The molecule has 4 atom stereocenters. The highest BCUT2D eigenvalue weighted by Gasteiger charge is 2.48. The predicted octanol–water partition coefficient (Wildman–Crippen LogP) is 6.15. The molecule has 0 radical (unpaired) electrons. The zero-order chi connectivity index (χ0) is 28.4. The third-order valence-corrected chi connectivity index (χ3v) is 7.39. The first-order chi connectivity index (χ1) is 20.8. The van der Waals surface area contributed by atoms with Crippen molar-refractivity contribution in [3.05, 3.63) is 155 Å². The van der Waals surface area contributed by atoms with Crippen LogP contribution in [0.4, 0.5) is 0 Å². The van der Waals surface area contributed by atoms with Crippen LogP contribution in [0.3, 0.4) is 0 Å². The van der Waals surface area contributed by atoms with Gasteiger partial charge < -0.3 is 18.9 Å². The molecule has 1 aliphatic rings. The minimum Gasteiger partial charge on any atom is -0.374 e. The van der Waals surface area contributed by atoms with Crippen molar-refractivity contribution in [1.29, 1.82) is 0 Å². The van der Waals surface area contributed by atoms with Crippen molar-refractivity contribution in [1.82, 2.24) is 15.0 Å². The first-order valence-electron chi connectivity index (χ1n) is 14.3. The fourth-order valence-electron chi connectivity index (χ4n) is 5.25. The van der Waals surface area contributed by atoms with Gasteiger partial charge in [-0.2, -0.15) is 0 Å². The van der Waals surface area contributed by atoms with Crippen LogP contribution >= 0.6 is 0 Å². The maximum atomic E-state index is 6.75. The Balaban J connectivity index is 1.27. The summed E-state index contributed by atoms with van der Waals surface area (Å²) in [7, 11) is 0. The lowest BCUT2D eigenvalue weighted by Crippen LogP contribution is -2.38. The number of ether oxygens (including phenoxy) is 4. The van der Waals surface area contributed by atoms with Gasteiger partial charge in [-0.05, 0) is 22.3 Å². The van der Waals surface area contributed by atoms with Gasteiger partial charge in [0.1, 0.15) is 24.4 Å². The first kappa shape index (κ1) is 28.0. The van der Waals surface area contributed by atoms with Gasteiger partial charge in [0, 0.05) is 0 Å². The molecule has 0 unspecified atom stereocenters. The fourth-order valence-corrected chi connectivity index (χ4v) is 5.25. The van der Waals surface area contributed by atoms with E-state index < -0.39 is 12.2 Å². The van der Waals surface area contributed by atoms with Gasteiger partial charge in [-0.3, -0.25) is 0 Å². The van der Waals surface area contributed by atoms with Crippen LogP contribution < -0.4 is 0 Å². The lowest BCUT2D eigenvalue weighted by molar-refractivity contribution is -0.0899. The number of hydrogen-bond acceptors (Lipinski definition) is 6. The molecule has 4 aromatic carbocycles. The van der Waals surface area contributed by atoms with Crippen LogP contribution in [-0.4, -0.2) is 39.9 Å². The Kier molecular flexibility index (Phi) is 9.44. The highest BCUT2D eigenvalue weighted by Crippen LogP contribution is 2.38. The third-order valence-electron chi connectivity index (χ3n) is 7.39. The van der Waals surface area contributed by atoms with Crippen LogP contribution in [0.5, 0.6) is 0 Å². The zero-order valence-electron chi connectivity index (χ0n) is 23.4. The van der Waals surface area contributed by atoms with Crippen molar-refractivity contribution in [3.63, 3.8) is 0 Å². The molecule has 6 rings (SSSR count). The molecule has 1 saturated heterocycles. The summed E-state index contributed by atoms with van der Waals surface area (Å²) < 4.78 is 28.1. The van der Waals surface area contributed by atoms with Crippen molar-refractivity contribution in [3.8, 4) is 0 Å². The Labute approximate surface area is 246 Å². The summed E-state index contributed by atoms with van der Waals surface area (Å²) in [6.07, 6.45) is 0.178. The maximum absolute atomic E-state index is 6.75. The Morgan fingerprint density at radius 1 is 0.595 bits per heavy atom. The molecule has 0 saturated carbocycles. The van der Waals surface area contributed by atoms with E-state index in [0.717, 1.165) is 27.9 Å². The number of rotatable bonds is 13. The van der Waals surface area contributed by atoms with Crippen LogP contribution in [-0.2, 0) is 45.3 Å². The summed E-state index contributed by atoms with van der Waals surface area (Å²) in [6.45, 7) is 2.28. The lowest BCUT2D eigenvalue weighted by Gasteiger charge is -2.25. The molecule has 0 aliphatic carbocycles. The Bertz CT molecular complexity index is 1480. The molecular formula is C35H35N3O4. The minimum absolute atomic E-state index is 0.357. The second kappa shape index (κ2) is 14.2. The van der Waals surface area contributed by atoms with Crippen LogP contribution in [0.1, 0.15) is 34.1 Å². The molecule has 0 N–H and O–H groups in total.